The standard InChI is InChI=1S/C18H18N2O4/c21-16-9-8-14(20(23)24)12-15(16)19-17(22)18(10-4-5-11-18)13-6-2-1-3-7-13/h1-3,6-9,12,21H,4-5,10-11H2,(H,19,22). The predicted octanol–water partition coefficient (Wildman–Crippen LogP) is 3.75. The molecule has 0 heterocycles. The Balaban J connectivity index is 1.93. The Morgan fingerprint density at radius 2 is 1.79 bits per heavy atom. The summed E-state index contributed by atoms with van der Waals surface area (Å²) in [7, 11) is 0. The fraction of sp³-hybridized carbons (Fsp3) is 0.278. The number of nitro groups is 1. The zero-order valence-electron chi connectivity index (χ0n) is 13.1. The van der Waals surface area contributed by atoms with Crippen LogP contribution >= 0.6 is 0 Å². The van der Waals surface area contributed by atoms with Crippen LogP contribution in [0.2, 0.25) is 0 Å². The van der Waals surface area contributed by atoms with Crippen molar-refractivity contribution in [3.63, 3.8) is 0 Å². The summed E-state index contributed by atoms with van der Waals surface area (Å²) in [6.45, 7) is 0. The van der Waals surface area contributed by atoms with Crippen molar-refractivity contribution in [1.82, 2.24) is 0 Å². The lowest BCUT2D eigenvalue weighted by molar-refractivity contribution is -0.384. The lowest BCUT2D eigenvalue weighted by Gasteiger charge is -2.28. The van der Waals surface area contributed by atoms with Crippen molar-refractivity contribution in [1.29, 1.82) is 0 Å². The van der Waals surface area contributed by atoms with E-state index < -0.39 is 10.3 Å². The first-order valence-corrected chi connectivity index (χ1v) is 7.87. The van der Waals surface area contributed by atoms with Crippen molar-refractivity contribution in [2.75, 3.05) is 5.32 Å². The summed E-state index contributed by atoms with van der Waals surface area (Å²) in [6, 6.07) is 13.2. The van der Waals surface area contributed by atoms with Crippen LogP contribution in [0.25, 0.3) is 0 Å². The van der Waals surface area contributed by atoms with Crippen molar-refractivity contribution < 1.29 is 14.8 Å². The van der Waals surface area contributed by atoms with Gasteiger partial charge in [-0.2, -0.15) is 0 Å². The number of phenols is 1. The van der Waals surface area contributed by atoms with Crippen LogP contribution in [0, 0.1) is 10.1 Å². The van der Waals surface area contributed by atoms with Crippen LogP contribution in [0.3, 0.4) is 0 Å². The van der Waals surface area contributed by atoms with Gasteiger partial charge < -0.3 is 10.4 Å². The van der Waals surface area contributed by atoms with Crippen molar-refractivity contribution >= 4 is 17.3 Å². The van der Waals surface area contributed by atoms with E-state index in [1.54, 1.807) is 0 Å². The number of nitrogens with one attached hydrogen (secondary N) is 1. The highest BCUT2D eigenvalue weighted by molar-refractivity contribution is 6.00. The van der Waals surface area contributed by atoms with Gasteiger partial charge in [-0.1, -0.05) is 43.2 Å². The number of hydrogen-bond acceptors (Lipinski definition) is 4. The minimum Gasteiger partial charge on any atom is -0.506 e. The summed E-state index contributed by atoms with van der Waals surface area (Å²) in [6.07, 6.45) is 3.34. The SMILES string of the molecule is O=C(Nc1cc([N+](=O)[O-])ccc1O)C1(c2ccccc2)CCCC1. The second kappa shape index (κ2) is 6.31. The molecule has 0 aromatic heterocycles. The van der Waals surface area contributed by atoms with Gasteiger partial charge in [-0.05, 0) is 24.5 Å². The molecular formula is C18H18N2O4. The number of hydrogen-bond donors (Lipinski definition) is 2. The maximum Gasteiger partial charge on any atom is 0.271 e. The number of carbonyl (C=O) groups excluding carboxylic acids is 1. The third kappa shape index (κ3) is 2.82. The van der Waals surface area contributed by atoms with Gasteiger partial charge in [0.15, 0.2) is 0 Å². The quantitative estimate of drug-likeness (QED) is 0.508. The molecule has 124 valence electrons. The smallest absolute Gasteiger partial charge is 0.271 e. The van der Waals surface area contributed by atoms with Crippen molar-refractivity contribution in [2.45, 2.75) is 31.1 Å². The first-order chi connectivity index (χ1) is 11.5. The number of nitro benzene ring substituents is 1. The average molecular weight is 326 g/mol. The number of benzene rings is 2. The summed E-state index contributed by atoms with van der Waals surface area (Å²) in [5.74, 6) is -0.419. The number of aromatic hydroxyl groups is 1. The fourth-order valence-corrected chi connectivity index (χ4v) is 3.36. The zero-order valence-corrected chi connectivity index (χ0v) is 13.1. The second-order valence-corrected chi connectivity index (χ2v) is 6.07. The molecule has 0 spiro atoms. The molecule has 1 aliphatic carbocycles. The molecule has 0 unspecified atom stereocenters. The van der Waals surface area contributed by atoms with Crippen molar-refractivity contribution in [3.8, 4) is 5.75 Å². The summed E-state index contributed by atoms with van der Waals surface area (Å²) in [5, 5.41) is 23.5. The fourth-order valence-electron chi connectivity index (χ4n) is 3.36. The molecule has 0 aliphatic heterocycles. The molecule has 1 saturated carbocycles. The van der Waals surface area contributed by atoms with Crippen LogP contribution in [0.5, 0.6) is 5.75 Å². The Morgan fingerprint density at radius 1 is 1.12 bits per heavy atom. The molecule has 0 atom stereocenters. The van der Waals surface area contributed by atoms with Gasteiger partial charge in [0.1, 0.15) is 5.75 Å². The Hall–Kier alpha value is -2.89. The molecular weight excluding hydrogens is 308 g/mol. The summed E-state index contributed by atoms with van der Waals surface area (Å²) < 4.78 is 0. The molecule has 2 N–H and O–H groups in total. The lowest BCUT2D eigenvalue weighted by atomic mass is 9.78. The lowest BCUT2D eigenvalue weighted by Crippen LogP contribution is -2.38. The summed E-state index contributed by atoms with van der Waals surface area (Å²) in [5.41, 5.74) is 0.169. The average Bonchev–Trinajstić information content (AvgIpc) is 3.08. The molecule has 0 bridgehead atoms. The molecule has 0 radical (unpaired) electrons. The number of non-ortho nitro benzene ring substituents is 1. The topological polar surface area (TPSA) is 92.5 Å². The predicted molar refractivity (Wildman–Crippen MR) is 90.0 cm³/mol. The monoisotopic (exact) mass is 326 g/mol. The zero-order chi connectivity index (χ0) is 17.2. The number of anilines is 1. The Kier molecular flexibility index (Phi) is 4.20. The normalized spacial score (nSPS) is 15.8. The van der Waals surface area contributed by atoms with Gasteiger partial charge in [0.25, 0.3) is 5.69 Å². The first kappa shape index (κ1) is 16.0. The van der Waals surface area contributed by atoms with Gasteiger partial charge in [-0.15, -0.1) is 0 Å². The van der Waals surface area contributed by atoms with Crippen LogP contribution in [0.4, 0.5) is 11.4 Å². The number of amides is 1. The van der Waals surface area contributed by atoms with Crippen LogP contribution < -0.4 is 5.32 Å². The molecule has 2 aromatic rings. The minimum absolute atomic E-state index is 0.0661. The minimum atomic E-state index is -0.654. The van der Waals surface area contributed by atoms with Gasteiger partial charge in [0.2, 0.25) is 5.91 Å². The van der Waals surface area contributed by atoms with Crippen LogP contribution in [0.15, 0.2) is 48.5 Å². The molecule has 1 amide bonds. The molecule has 6 nitrogen and oxygen atoms in total. The summed E-state index contributed by atoms with van der Waals surface area (Å²) >= 11 is 0. The molecule has 0 saturated heterocycles. The van der Waals surface area contributed by atoms with E-state index in [0.717, 1.165) is 31.2 Å². The molecule has 1 aliphatic rings. The Bertz CT molecular complexity index is 768. The van der Waals surface area contributed by atoms with Crippen LogP contribution in [0.1, 0.15) is 31.2 Å². The molecule has 1 fully saturated rings. The number of rotatable bonds is 4. The van der Waals surface area contributed by atoms with Gasteiger partial charge in [-0.3, -0.25) is 14.9 Å². The van der Waals surface area contributed by atoms with Gasteiger partial charge in [0, 0.05) is 12.1 Å². The van der Waals surface area contributed by atoms with E-state index in [2.05, 4.69) is 5.32 Å². The van der Waals surface area contributed by atoms with Gasteiger partial charge >= 0.3 is 0 Å². The van der Waals surface area contributed by atoms with Gasteiger partial charge in [-0.25, -0.2) is 0 Å². The second-order valence-electron chi connectivity index (χ2n) is 6.07. The van der Waals surface area contributed by atoms with E-state index in [9.17, 15) is 20.0 Å². The van der Waals surface area contributed by atoms with E-state index in [1.807, 2.05) is 30.3 Å². The van der Waals surface area contributed by atoms with Crippen molar-refractivity contribution in [2.24, 2.45) is 0 Å². The van der Waals surface area contributed by atoms with E-state index in [4.69, 9.17) is 0 Å². The third-order valence-electron chi connectivity index (χ3n) is 4.66. The van der Waals surface area contributed by atoms with E-state index in [-0.39, 0.29) is 23.0 Å². The van der Waals surface area contributed by atoms with E-state index in [0.29, 0.717) is 0 Å². The maximum absolute atomic E-state index is 13.0. The molecule has 3 rings (SSSR count). The highest BCUT2D eigenvalue weighted by atomic mass is 16.6. The Morgan fingerprint density at radius 3 is 2.42 bits per heavy atom. The molecule has 2 aromatic carbocycles. The molecule has 6 heteroatoms. The number of nitrogens with zero attached hydrogens (tertiary/aromatic N) is 1. The molecule has 24 heavy (non-hydrogen) atoms. The first-order valence-electron chi connectivity index (χ1n) is 7.87. The third-order valence-corrected chi connectivity index (χ3v) is 4.66. The number of phenolic OH excluding ortho intramolecular Hbond substituents is 1. The van der Waals surface area contributed by atoms with Gasteiger partial charge in [0.05, 0.1) is 16.0 Å². The largest absolute Gasteiger partial charge is 0.506 e. The maximum atomic E-state index is 13.0. The summed E-state index contributed by atoms with van der Waals surface area (Å²) in [4.78, 5) is 23.3. The Labute approximate surface area is 139 Å². The van der Waals surface area contributed by atoms with Crippen LogP contribution in [-0.4, -0.2) is 15.9 Å². The van der Waals surface area contributed by atoms with E-state index >= 15 is 0 Å². The van der Waals surface area contributed by atoms with Crippen molar-refractivity contribution in [3.05, 3.63) is 64.2 Å². The van der Waals surface area contributed by atoms with Crippen LogP contribution in [-0.2, 0) is 10.2 Å². The highest BCUT2D eigenvalue weighted by Gasteiger charge is 2.42. The van der Waals surface area contributed by atoms with E-state index in [1.165, 1.54) is 18.2 Å². The number of carbonyl (C=O) groups is 1. The highest BCUT2D eigenvalue weighted by Crippen LogP contribution is 2.42.